The molecular formula is C11H28O3Si3. The first-order valence-electron chi connectivity index (χ1n) is 6.31. The fourth-order valence-electron chi connectivity index (χ4n) is 1.92. The lowest BCUT2D eigenvalue weighted by Crippen LogP contribution is -2.52. The molecule has 0 radical (unpaired) electrons. The van der Waals surface area contributed by atoms with Gasteiger partial charge in [0.05, 0.1) is 0 Å². The third kappa shape index (κ3) is 9.90. The molecule has 0 N–H and O–H groups in total. The minimum Gasteiger partial charge on any atom is -0.437 e. The highest BCUT2D eigenvalue weighted by molar-refractivity contribution is 6.87. The van der Waals surface area contributed by atoms with Crippen LogP contribution in [0.4, 0.5) is 0 Å². The summed E-state index contributed by atoms with van der Waals surface area (Å²) in [6.07, 6.45) is 2.49. The third-order valence-electron chi connectivity index (χ3n) is 2.00. The van der Waals surface area contributed by atoms with Crippen molar-refractivity contribution in [1.82, 2.24) is 0 Å². The molecule has 0 unspecified atom stereocenters. The van der Waals surface area contributed by atoms with Crippen LogP contribution < -0.4 is 0 Å². The van der Waals surface area contributed by atoms with Crippen molar-refractivity contribution in [2.24, 2.45) is 0 Å². The zero-order valence-corrected chi connectivity index (χ0v) is 15.4. The van der Waals surface area contributed by atoms with Gasteiger partial charge >= 0.3 is 8.56 Å². The van der Waals surface area contributed by atoms with E-state index in [1.165, 1.54) is 0 Å². The van der Waals surface area contributed by atoms with Gasteiger partial charge in [-0.25, -0.2) is 0 Å². The Balaban J connectivity index is 4.62. The predicted molar refractivity (Wildman–Crippen MR) is 80.6 cm³/mol. The quantitative estimate of drug-likeness (QED) is 0.388. The van der Waals surface area contributed by atoms with E-state index in [2.05, 4.69) is 45.8 Å². The molecule has 0 aliphatic carbocycles. The van der Waals surface area contributed by atoms with Crippen molar-refractivity contribution in [3.63, 3.8) is 0 Å². The maximum Gasteiger partial charge on any atom is 0.314 e. The molecule has 0 fully saturated rings. The van der Waals surface area contributed by atoms with Crippen molar-refractivity contribution in [3.05, 3.63) is 0 Å². The largest absolute Gasteiger partial charge is 0.437 e. The molecule has 102 valence electrons. The molecule has 3 nitrogen and oxygen atoms in total. The Kier molecular flexibility index (Phi) is 6.51. The summed E-state index contributed by atoms with van der Waals surface area (Å²) >= 11 is 0. The number of rotatable bonds is 8. The molecule has 0 bridgehead atoms. The highest BCUT2D eigenvalue weighted by atomic mass is 28.5. The van der Waals surface area contributed by atoms with Crippen LogP contribution in [0.3, 0.4) is 0 Å². The number of aldehydes is 1. The summed E-state index contributed by atoms with van der Waals surface area (Å²) in [6.45, 7) is 15.4. The van der Waals surface area contributed by atoms with Crippen molar-refractivity contribution < 1.29 is 13.0 Å². The molecule has 0 spiro atoms. The van der Waals surface area contributed by atoms with Crippen LogP contribution in [0.2, 0.25) is 51.9 Å². The van der Waals surface area contributed by atoms with Crippen LogP contribution in [-0.2, 0) is 13.0 Å². The van der Waals surface area contributed by atoms with Gasteiger partial charge in [-0.3, -0.25) is 0 Å². The molecule has 0 aromatic carbocycles. The number of hydrogen-bond donors (Lipinski definition) is 0. The van der Waals surface area contributed by atoms with Crippen molar-refractivity contribution in [3.8, 4) is 0 Å². The zero-order chi connectivity index (χ0) is 13.7. The van der Waals surface area contributed by atoms with Crippen molar-refractivity contribution >= 4 is 31.5 Å². The van der Waals surface area contributed by atoms with Gasteiger partial charge < -0.3 is 13.0 Å². The number of unbranched alkanes of at least 4 members (excludes halogenated alkanes) is 1. The fraction of sp³-hybridized carbons (Fsp3) is 0.909. The van der Waals surface area contributed by atoms with Gasteiger partial charge in [0.25, 0.3) is 0 Å². The standard InChI is InChI=1S/C11H28O3Si3/c1-15(2,3)13-17(7,11-9-8-10-12)14-16(4,5)6/h10H,8-9,11H2,1-7H3. The van der Waals surface area contributed by atoms with Gasteiger partial charge in [0.15, 0.2) is 16.6 Å². The van der Waals surface area contributed by atoms with E-state index in [9.17, 15) is 4.79 Å². The van der Waals surface area contributed by atoms with E-state index in [1.54, 1.807) is 0 Å². The average molecular weight is 293 g/mol. The van der Waals surface area contributed by atoms with Crippen LogP contribution in [0.5, 0.6) is 0 Å². The molecule has 17 heavy (non-hydrogen) atoms. The lowest BCUT2D eigenvalue weighted by Gasteiger charge is -2.38. The summed E-state index contributed by atoms with van der Waals surface area (Å²) in [7, 11) is -5.26. The number of hydrogen-bond acceptors (Lipinski definition) is 3. The maximum absolute atomic E-state index is 10.4. The van der Waals surface area contributed by atoms with Crippen LogP contribution in [0, 0.1) is 0 Å². The van der Waals surface area contributed by atoms with Crippen molar-refractivity contribution in [2.75, 3.05) is 0 Å². The molecule has 0 aromatic heterocycles. The SMILES string of the molecule is C[Si](C)(C)O[Si](C)(CCCC=O)O[Si](C)(C)C. The first kappa shape index (κ1) is 17.2. The van der Waals surface area contributed by atoms with Gasteiger partial charge in [-0.05, 0) is 58.3 Å². The Morgan fingerprint density at radius 2 is 1.29 bits per heavy atom. The molecule has 0 aliphatic heterocycles. The maximum atomic E-state index is 10.4. The topological polar surface area (TPSA) is 35.5 Å². The van der Waals surface area contributed by atoms with Gasteiger partial charge in [-0.2, -0.15) is 0 Å². The highest BCUT2D eigenvalue weighted by Crippen LogP contribution is 2.25. The lowest BCUT2D eigenvalue weighted by atomic mass is 10.4. The highest BCUT2D eigenvalue weighted by Gasteiger charge is 2.39. The summed E-state index contributed by atoms with van der Waals surface area (Å²) in [6, 6.07) is 0.931. The average Bonchev–Trinajstić information content (AvgIpc) is 1.96. The monoisotopic (exact) mass is 292 g/mol. The van der Waals surface area contributed by atoms with E-state index < -0.39 is 25.2 Å². The van der Waals surface area contributed by atoms with E-state index in [-0.39, 0.29) is 0 Å². The van der Waals surface area contributed by atoms with Crippen molar-refractivity contribution in [2.45, 2.75) is 64.7 Å². The molecule has 6 heteroatoms. The summed E-state index contributed by atoms with van der Waals surface area (Å²) in [5.74, 6) is 0. The van der Waals surface area contributed by atoms with Crippen LogP contribution in [0.25, 0.3) is 0 Å². The molecule has 0 saturated heterocycles. The second kappa shape index (κ2) is 6.42. The Bertz CT molecular complexity index is 227. The summed E-state index contributed by atoms with van der Waals surface area (Å²) in [4.78, 5) is 10.4. The number of carbonyl (C=O) groups is 1. The minimum absolute atomic E-state index is 0.618. The van der Waals surface area contributed by atoms with Crippen LogP contribution in [0.1, 0.15) is 12.8 Å². The Labute approximate surface area is 109 Å². The van der Waals surface area contributed by atoms with Gasteiger partial charge in [0.2, 0.25) is 0 Å². The molecule has 0 rings (SSSR count). The fourth-order valence-corrected chi connectivity index (χ4v) is 14.5. The molecular weight excluding hydrogens is 264 g/mol. The summed E-state index contributed by atoms with van der Waals surface area (Å²) in [5, 5.41) is 0. The Morgan fingerprint density at radius 3 is 1.59 bits per heavy atom. The first-order chi connectivity index (χ1) is 7.47. The normalized spacial score (nSPS) is 13.8. The zero-order valence-electron chi connectivity index (χ0n) is 12.4. The van der Waals surface area contributed by atoms with E-state index in [0.29, 0.717) is 6.42 Å². The minimum atomic E-state index is -2.09. The van der Waals surface area contributed by atoms with Crippen LogP contribution >= 0.6 is 0 Å². The van der Waals surface area contributed by atoms with E-state index in [0.717, 1.165) is 18.8 Å². The van der Waals surface area contributed by atoms with Crippen LogP contribution in [0.15, 0.2) is 0 Å². The Hall–Kier alpha value is 0.241. The summed E-state index contributed by atoms with van der Waals surface area (Å²) < 4.78 is 12.6. The van der Waals surface area contributed by atoms with Crippen LogP contribution in [-0.4, -0.2) is 31.5 Å². The van der Waals surface area contributed by atoms with E-state index in [1.807, 2.05) is 0 Å². The molecule has 0 aromatic rings. The molecule has 0 aliphatic rings. The first-order valence-corrected chi connectivity index (χ1v) is 15.7. The molecule has 0 atom stereocenters. The Morgan fingerprint density at radius 1 is 0.882 bits per heavy atom. The van der Waals surface area contributed by atoms with E-state index in [4.69, 9.17) is 8.23 Å². The van der Waals surface area contributed by atoms with Gasteiger partial charge in [0.1, 0.15) is 6.29 Å². The molecule has 0 saturated carbocycles. The molecule has 0 heterocycles. The van der Waals surface area contributed by atoms with Gasteiger partial charge in [0, 0.05) is 6.42 Å². The van der Waals surface area contributed by atoms with Gasteiger partial charge in [-0.1, -0.05) is 0 Å². The van der Waals surface area contributed by atoms with E-state index >= 15 is 0 Å². The predicted octanol–water partition coefficient (Wildman–Crippen LogP) is 3.74. The number of carbonyl (C=O) groups excluding carboxylic acids is 1. The molecule has 0 amide bonds. The lowest BCUT2D eigenvalue weighted by molar-refractivity contribution is -0.107. The van der Waals surface area contributed by atoms with Gasteiger partial charge in [-0.15, -0.1) is 0 Å². The summed E-state index contributed by atoms with van der Waals surface area (Å²) in [5.41, 5.74) is 0. The smallest absolute Gasteiger partial charge is 0.314 e. The third-order valence-corrected chi connectivity index (χ3v) is 11.6. The second-order valence-corrected chi connectivity index (χ2v) is 19.5. The van der Waals surface area contributed by atoms with Crippen molar-refractivity contribution in [1.29, 1.82) is 0 Å². The second-order valence-electron chi connectivity index (χ2n) is 6.62.